The summed E-state index contributed by atoms with van der Waals surface area (Å²) < 4.78 is 6.48. The molecule has 1 aromatic carbocycles. The van der Waals surface area contributed by atoms with Crippen molar-refractivity contribution in [1.82, 2.24) is 14.8 Å². The SMILES string of the molecule is COC(=O)C1=C(C)Nc2ncnn2[C@@H]1c1cccc(Cl)c1Cl. The summed E-state index contributed by atoms with van der Waals surface area (Å²) in [6.07, 6.45) is 1.40. The molecule has 0 saturated carbocycles. The molecule has 0 unspecified atom stereocenters. The second-order valence-electron chi connectivity index (χ2n) is 4.73. The zero-order valence-electron chi connectivity index (χ0n) is 11.8. The van der Waals surface area contributed by atoms with Crippen molar-refractivity contribution in [3.05, 3.63) is 51.4 Å². The number of nitrogens with zero attached hydrogens (tertiary/aromatic N) is 3. The first kappa shape index (κ1) is 14.9. The number of hydrogen-bond acceptors (Lipinski definition) is 5. The number of allylic oxidation sites excluding steroid dienone is 1. The van der Waals surface area contributed by atoms with Gasteiger partial charge in [0.1, 0.15) is 12.4 Å². The fraction of sp³-hybridized carbons (Fsp3) is 0.214. The number of fused-ring (bicyclic) bond motifs is 1. The topological polar surface area (TPSA) is 69.0 Å². The van der Waals surface area contributed by atoms with Crippen LogP contribution in [0.1, 0.15) is 18.5 Å². The third kappa shape index (κ3) is 2.24. The van der Waals surface area contributed by atoms with Crippen molar-refractivity contribution < 1.29 is 9.53 Å². The van der Waals surface area contributed by atoms with Crippen LogP contribution in [0.25, 0.3) is 0 Å². The molecule has 3 rings (SSSR count). The molecular weight excluding hydrogens is 327 g/mol. The predicted molar refractivity (Wildman–Crippen MR) is 83.0 cm³/mol. The van der Waals surface area contributed by atoms with Gasteiger partial charge in [0, 0.05) is 11.3 Å². The minimum atomic E-state index is -0.558. The maximum absolute atomic E-state index is 12.2. The number of ether oxygens (including phenoxy) is 1. The molecule has 0 amide bonds. The number of esters is 1. The first-order chi connectivity index (χ1) is 10.5. The van der Waals surface area contributed by atoms with Gasteiger partial charge in [-0.15, -0.1) is 0 Å². The summed E-state index contributed by atoms with van der Waals surface area (Å²) in [5, 5.41) is 7.99. The summed E-state index contributed by atoms with van der Waals surface area (Å²) in [5.41, 5.74) is 1.69. The lowest BCUT2D eigenvalue weighted by atomic mass is 9.96. The lowest BCUT2D eigenvalue weighted by Crippen LogP contribution is -2.29. The smallest absolute Gasteiger partial charge is 0.338 e. The summed E-state index contributed by atoms with van der Waals surface area (Å²) in [6.45, 7) is 1.77. The second-order valence-corrected chi connectivity index (χ2v) is 5.51. The van der Waals surface area contributed by atoms with Crippen LogP contribution in [0.15, 0.2) is 35.8 Å². The van der Waals surface area contributed by atoms with Crippen LogP contribution in [-0.4, -0.2) is 27.8 Å². The van der Waals surface area contributed by atoms with E-state index in [-0.39, 0.29) is 0 Å². The van der Waals surface area contributed by atoms with E-state index in [0.29, 0.717) is 32.8 Å². The largest absolute Gasteiger partial charge is 0.466 e. The predicted octanol–water partition coefficient (Wildman–Crippen LogP) is 3.05. The van der Waals surface area contributed by atoms with E-state index in [0.717, 1.165) is 0 Å². The monoisotopic (exact) mass is 338 g/mol. The Balaban J connectivity index is 2.25. The van der Waals surface area contributed by atoms with Crippen LogP contribution in [0.4, 0.5) is 5.95 Å². The molecule has 2 heterocycles. The Hall–Kier alpha value is -2.05. The van der Waals surface area contributed by atoms with Gasteiger partial charge in [0.15, 0.2) is 0 Å². The molecule has 0 spiro atoms. The highest BCUT2D eigenvalue weighted by molar-refractivity contribution is 6.42. The van der Waals surface area contributed by atoms with Gasteiger partial charge < -0.3 is 10.1 Å². The number of carbonyl (C=O) groups excluding carboxylic acids is 1. The van der Waals surface area contributed by atoms with E-state index < -0.39 is 12.0 Å². The highest BCUT2D eigenvalue weighted by atomic mass is 35.5. The highest BCUT2D eigenvalue weighted by Gasteiger charge is 2.35. The highest BCUT2D eigenvalue weighted by Crippen LogP contribution is 2.40. The minimum Gasteiger partial charge on any atom is -0.466 e. The molecule has 0 radical (unpaired) electrons. The third-order valence-electron chi connectivity index (χ3n) is 3.48. The van der Waals surface area contributed by atoms with Gasteiger partial charge in [-0.1, -0.05) is 35.3 Å². The zero-order chi connectivity index (χ0) is 15.9. The van der Waals surface area contributed by atoms with Crippen LogP contribution in [0, 0.1) is 0 Å². The van der Waals surface area contributed by atoms with Gasteiger partial charge in [0.25, 0.3) is 0 Å². The maximum atomic E-state index is 12.2. The molecule has 0 saturated heterocycles. The number of rotatable bonds is 2. The zero-order valence-corrected chi connectivity index (χ0v) is 13.3. The van der Waals surface area contributed by atoms with Crippen molar-refractivity contribution in [3.8, 4) is 0 Å². The van der Waals surface area contributed by atoms with E-state index in [4.69, 9.17) is 27.9 Å². The number of nitrogens with one attached hydrogen (secondary N) is 1. The Morgan fingerprint density at radius 3 is 2.91 bits per heavy atom. The third-order valence-corrected chi connectivity index (χ3v) is 4.31. The molecule has 22 heavy (non-hydrogen) atoms. The summed E-state index contributed by atoms with van der Waals surface area (Å²) in [6, 6.07) is 4.70. The molecule has 1 aliphatic heterocycles. The molecule has 2 aromatic rings. The van der Waals surface area contributed by atoms with Crippen LogP contribution in [0.3, 0.4) is 0 Å². The van der Waals surface area contributed by atoms with Gasteiger partial charge in [-0.2, -0.15) is 10.1 Å². The summed E-state index contributed by atoms with van der Waals surface area (Å²) in [5.74, 6) is 0.0541. The average Bonchev–Trinajstić information content (AvgIpc) is 2.96. The second kappa shape index (κ2) is 5.62. The van der Waals surface area contributed by atoms with Crippen LogP contribution in [-0.2, 0) is 9.53 Å². The summed E-state index contributed by atoms with van der Waals surface area (Å²) in [4.78, 5) is 16.4. The first-order valence-electron chi connectivity index (χ1n) is 6.44. The van der Waals surface area contributed by atoms with Gasteiger partial charge >= 0.3 is 5.97 Å². The van der Waals surface area contributed by atoms with Gasteiger partial charge in [0.2, 0.25) is 5.95 Å². The van der Waals surface area contributed by atoms with Gasteiger partial charge in [0.05, 0.1) is 22.7 Å². The standard InChI is InChI=1S/C14H12Cl2N4O2/c1-7-10(13(21)22-2)12(20-14(19-7)17-6-18-20)8-4-3-5-9(15)11(8)16/h3-6,12H,1-2H3,(H,17,18,19)/t12-/m1/s1. The van der Waals surface area contributed by atoms with Crippen molar-refractivity contribution in [3.63, 3.8) is 0 Å². The van der Waals surface area contributed by atoms with Crippen molar-refractivity contribution in [2.24, 2.45) is 0 Å². The molecule has 114 valence electrons. The van der Waals surface area contributed by atoms with Gasteiger partial charge in [-0.25, -0.2) is 9.48 Å². The van der Waals surface area contributed by atoms with Crippen LogP contribution < -0.4 is 5.32 Å². The number of anilines is 1. The molecule has 1 atom stereocenters. The van der Waals surface area contributed by atoms with E-state index in [2.05, 4.69) is 15.4 Å². The van der Waals surface area contributed by atoms with E-state index in [1.807, 2.05) is 0 Å². The molecule has 0 aliphatic carbocycles. The molecule has 1 aliphatic rings. The lowest BCUT2D eigenvalue weighted by Gasteiger charge is -2.28. The van der Waals surface area contributed by atoms with Gasteiger partial charge in [-0.3, -0.25) is 0 Å². The number of methoxy groups -OCH3 is 1. The fourth-order valence-electron chi connectivity index (χ4n) is 2.48. The first-order valence-corrected chi connectivity index (χ1v) is 7.19. The summed E-state index contributed by atoms with van der Waals surface area (Å²) >= 11 is 12.4. The Kier molecular flexibility index (Phi) is 3.80. The number of hydrogen-bond donors (Lipinski definition) is 1. The molecule has 1 N–H and O–H groups in total. The average molecular weight is 339 g/mol. The van der Waals surface area contributed by atoms with E-state index >= 15 is 0 Å². The fourth-order valence-corrected chi connectivity index (χ4v) is 2.90. The number of halogens is 2. The van der Waals surface area contributed by atoms with Crippen molar-refractivity contribution in [2.45, 2.75) is 13.0 Å². The van der Waals surface area contributed by atoms with Crippen LogP contribution in [0.2, 0.25) is 10.0 Å². The maximum Gasteiger partial charge on any atom is 0.338 e. The Bertz CT molecular complexity index is 785. The Morgan fingerprint density at radius 2 is 2.18 bits per heavy atom. The Morgan fingerprint density at radius 1 is 1.41 bits per heavy atom. The lowest BCUT2D eigenvalue weighted by molar-refractivity contribution is -0.136. The van der Waals surface area contributed by atoms with Crippen LogP contribution in [0.5, 0.6) is 0 Å². The molecule has 0 bridgehead atoms. The number of carbonyl (C=O) groups is 1. The molecule has 8 heteroatoms. The molecule has 0 fully saturated rings. The van der Waals surface area contributed by atoms with Crippen molar-refractivity contribution >= 4 is 35.1 Å². The number of aromatic nitrogens is 3. The normalized spacial score (nSPS) is 17.0. The molecular formula is C14H12Cl2N4O2. The van der Waals surface area contributed by atoms with E-state index in [1.165, 1.54) is 13.4 Å². The van der Waals surface area contributed by atoms with E-state index in [1.54, 1.807) is 29.8 Å². The van der Waals surface area contributed by atoms with Crippen molar-refractivity contribution in [2.75, 3.05) is 12.4 Å². The Labute approximate surface area is 136 Å². The molecule has 6 nitrogen and oxygen atoms in total. The summed E-state index contributed by atoms with van der Waals surface area (Å²) in [7, 11) is 1.33. The quantitative estimate of drug-likeness (QED) is 0.852. The van der Waals surface area contributed by atoms with Crippen LogP contribution >= 0.6 is 23.2 Å². The number of benzene rings is 1. The minimum absolute atomic E-state index is 0.367. The van der Waals surface area contributed by atoms with Gasteiger partial charge in [-0.05, 0) is 13.0 Å². The molecule has 1 aromatic heterocycles. The van der Waals surface area contributed by atoms with E-state index in [9.17, 15) is 4.79 Å². The van der Waals surface area contributed by atoms with Crippen molar-refractivity contribution in [1.29, 1.82) is 0 Å².